The van der Waals surface area contributed by atoms with Gasteiger partial charge in [0.05, 0.1) is 26.4 Å². The Hall–Kier alpha value is 0.187. The topological polar surface area (TPSA) is 105 Å². The molecule has 8 nitrogen and oxygen atoms in total. The van der Waals surface area contributed by atoms with E-state index in [0.29, 0.717) is 49.4 Å². The smallest absolute Gasteiger partial charge is 0.789 e. The predicted molar refractivity (Wildman–Crippen MR) is 391 cm³/mol. The molecule has 15 heteroatoms. The van der Waals surface area contributed by atoms with Crippen LogP contribution in [-0.2, 0) is 88.6 Å². The molecule has 0 atom stereocenters. The number of allylic oxidation sites excluding steroid dienone is 4. The molecular weight excluding hydrogens is 1370 g/mol. The normalized spacial score (nSPS) is 10.4. The van der Waals surface area contributed by atoms with Crippen LogP contribution in [-0.4, -0.2) is 121 Å². The summed E-state index contributed by atoms with van der Waals surface area (Å²) in [5, 5.41) is 0. The van der Waals surface area contributed by atoms with Crippen LogP contribution in [0.2, 0.25) is 0 Å². The van der Waals surface area contributed by atoms with E-state index in [1.54, 1.807) is 0 Å². The third-order valence-corrected chi connectivity index (χ3v) is 13.9. The first-order valence-corrected chi connectivity index (χ1v) is 35.2. The maximum atomic E-state index is 11.1. The van der Waals surface area contributed by atoms with E-state index in [-0.39, 0.29) is 100 Å². The number of hydrogen-bond acceptors (Lipinski definition) is 12. The number of unbranched alkanes of at least 4 members (excludes halogenated alkanes) is 40. The van der Waals surface area contributed by atoms with E-state index in [1.165, 1.54) is 281 Å². The van der Waals surface area contributed by atoms with Gasteiger partial charge in [-0.25, -0.2) is 19.2 Å². The number of rotatable bonds is 56. The molecular formula is C70H134O8S5Sn2. The molecule has 0 rings (SSSR count). The molecule has 0 aliphatic carbocycles. The number of hydrogen-bond donors (Lipinski definition) is 0. The van der Waals surface area contributed by atoms with Crippen molar-refractivity contribution in [2.24, 2.45) is 0 Å². The van der Waals surface area contributed by atoms with E-state index < -0.39 is 0 Å². The van der Waals surface area contributed by atoms with Crippen molar-refractivity contribution >= 4 is 136 Å². The summed E-state index contributed by atoms with van der Waals surface area (Å²) >= 11 is 18.8. The molecule has 0 aromatic rings. The second kappa shape index (κ2) is 100. The summed E-state index contributed by atoms with van der Waals surface area (Å²) in [5.74, 6) is 0.833. The Morgan fingerprint density at radius 1 is 0.259 bits per heavy atom. The molecule has 0 unspecified atom stereocenters. The van der Waals surface area contributed by atoms with Crippen molar-refractivity contribution < 1.29 is 38.1 Å². The largest absolute Gasteiger partial charge is 2.00 e. The van der Waals surface area contributed by atoms with E-state index >= 15 is 0 Å². The van der Waals surface area contributed by atoms with Gasteiger partial charge in [0, 0.05) is 24.3 Å². The van der Waals surface area contributed by atoms with Gasteiger partial charge in [-0.1, -0.05) is 298 Å². The molecule has 0 saturated carbocycles. The molecule has 0 aliphatic heterocycles. The van der Waals surface area contributed by atoms with Crippen molar-refractivity contribution in [1.29, 1.82) is 0 Å². The first-order chi connectivity index (χ1) is 39.2. The van der Waals surface area contributed by atoms with Crippen LogP contribution >= 0.6 is 13.5 Å². The van der Waals surface area contributed by atoms with Gasteiger partial charge in [0.2, 0.25) is 0 Å². The van der Waals surface area contributed by atoms with Crippen LogP contribution in [0.25, 0.3) is 0 Å². The van der Waals surface area contributed by atoms with Crippen LogP contribution in [0, 0.1) is 0 Å². The monoisotopic (exact) mass is 1500 g/mol. The minimum absolute atomic E-state index is 0. The zero-order valence-electron chi connectivity index (χ0n) is 53.8. The molecule has 4 radical (unpaired) electrons. The zero-order valence-corrected chi connectivity index (χ0v) is 63.8. The quantitative estimate of drug-likeness (QED) is 0.0145. The molecule has 0 saturated heterocycles. The first kappa shape index (κ1) is 104. The summed E-state index contributed by atoms with van der Waals surface area (Å²) < 4.78 is 19.4. The Labute approximate surface area is 591 Å². The Balaban J connectivity index is -0.000000127. The van der Waals surface area contributed by atoms with Crippen LogP contribution in [0.15, 0.2) is 48.6 Å². The third kappa shape index (κ3) is 109. The van der Waals surface area contributed by atoms with Gasteiger partial charge in [0.15, 0.2) is 0 Å². The van der Waals surface area contributed by atoms with Crippen molar-refractivity contribution in [3.63, 3.8) is 0 Å². The van der Waals surface area contributed by atoms with Crippen LogP contribution in [0.4, 0.5) is 0 Å². The minimum Gasteiger partial charge on any atom is -0.789 e. The summed E-state index contributed by atoms with van der Waals surface area (Å²) in [6, 6.07) is 0. The summed E-state index contributed by atoms with van der Waals surface area (Å²) in [4.78, 5) is 44.5. The first-order valence-electron chi connectivity index (χ1n) is 32.9. The SMILES string of the molecule is C.C.CCCCCCCCCCCC/C=C/C(=O)OCC[S-].CCCCCCCCCCCC/C=C/C(=O)OCC[S-].CCCCCCCCCCCC/C=C/C(=O)OCC[S-].CCCCCCCCCCCC/C=C/C(=O)OCC[S-].S.[Sn+2].[Sn+2]. The number of carbonyl (C=O) groups is 4. The van der Waals surface area contributed by atoms with Gasteiger partial charge in [-0.05, 0) is 51.4 Å². The van der Waals surface area contributed by atoms with Crippen LogP contribution in [0.5, 0.6) is 0 Å². The number of ether oxygens (including phenoxy) is 4. The molecule has 85 heavy (non-hydrogen) atoms. The van der Waals surface area contributed by atoms with E-state index in [1.807, 2.05) is 24.3 Å². The molecule has 0 heterocycles. The predicted octanol–water partition coefficient (Wildman–Crippen LogP) is 20.4. The van der Waals surface area contributed by atoms with Crippen molar-refractivity contribution in [2.45, 2.75) is 325 Å². The fourth-order valence-corrected chi connectivity index (χ4v) is 8.81. The van der Waals surface area contributed by atoms with Gasteiger partial charge in [0.1, 0.15) is 0 Å². The summed E-state index contributed by atoms with van der Waals surface area (Å²) in [7, 11) is 0. The van der Waals surface area contributed by atoms with Gasteiger partial charge < -0.3 is 69.5 Å². The Kier molecular flexibility index (Phi) is 123. The van der Waals surface area contributed by atoms with E-state index in [9.17, 15) is 19.2 Å². The molecule has 500 valence electrons. The maximum absolute atomic E-state index is 11.1. The Bertz CT molecular complexity index is 1170. The average Bonchev–Trinajstić information content (AvgIpc) is 3.46. The third-order valence-electron chi connectivity index (χ3n) is 13.2. The van der Waals surface area contributed by atoms with Gasteiger partial charge in [0.25, 0.3) is 0 Å². The van der Waals surface area contributed by atoms with Crippen LogP contribution in [0.1, 0.15) is 325 Å². The van der Waals surface area contributed by atoms with Crippen molar-refractivity contribution in [3.05, 3.63) is 48.6 Å². The molecule has 0 spiro atoms. The second-order valence-electron chi connectivity index (χ2n) is 21.0. The van der Waals surface area contributed by atoms with Gasteiger partial charge in [-0.15, -0.1) is 23.0 Å². The molecule has 0 fully saturated rings. The molecule has 0 aromatic heterocycles. The van der Waals surface area contributed by atoms with E-state index in [2.05, 4.69) is 27.7 Å². The Morgan fingerprint density at radius 3 is 0.518 bits per heavy atom. The second-order valence-corrected chi connectivity index (χ2v) is 22.6. The fraction of sp³-hybridized carbons (Fsp3) is 0.829. The van der Waals surface area contributed by atoms with Crippen molar-refractivity contribution in [2.75, 3.05) is 49.4 Å². The summed E-state index contributed by atoms with van der Waals surface area (Å²) in [5.41, 5.74) is 0. The number of carbonyl (C=O) groups excluding carboxylic acids is 4. The molecule has 0 N–H and O–H groups in total. The molecule has 0 bridgehead atoms. The van der Waals surface area contributed by atoms with Crippen LogP contribution in [0.3, 0.4) is 0 Å². The van der Waals surface area contributed by atoms with Crippen molar-refractivity contribution in [1.82, 2.24) is 0 Å². The maximum Gasteiger partial charge on any atom is 2.00 e. The fourth-order valence-electron chi connectivity index (χ4n) is 8.48. The minimum atomic E-state index is -0.262. The standard InChI is InChI=1S/4C17H32O2S.2CH4.H2S.2Sn/c4*1-2-3-4-5-6-7-8-9-10-11-12-13-14-17(18)19-15-16-20;;;;;/h4*13-14,20H,2-12,15-16H2,1H3;2*1H4;1H2;;/q;;;;;;;2*+2/p-4/b4*14-13+;;;;;. The van der Waals surface area contributed by atoms with Gasteiger partial charge in [-0.2, -0.15) is 13.5 Å². The van der Waals surface area contributed by atoms with E-state index in [0.717, 1.165) is 25.7 Å². The molecule has 0 aliphatic rings. The van der Waals surface area contributed by atoms with Crippen molar-refractivity contribution in [3.8, 4) is 0 Å². The zero-order chi connectivity index (χ0) is 59.6. The van der Waals surface area contributed by atoms with Crippen LogP contribution < -0.4 is 0 Å². The number of esters is 4. The molecule has 0 amide bonds. The molecule has 0 aromatic carbocycles. The Morgan fingerprint density at radius 2 is 0.388 bits per heavy atom. The van der Waals surface area contributed by atoms with Gasteiger partial charge in [-0.3, -0.25) is 0 Å². The van der Waals surface area contributed by atoms with E-state index in [4.69, 9.17) is 69.5 Å². The average molecular weight is 1500 g/mol. The summed E-state index contributed by atoms with van der Waals surface area (Å²) in [6.07, 6.45) is 71.3. The summed E-state index contributed by atoms with van der Waals surface area (Å²) in [6.45, 7) is 10.4. The van der Waals surface area contributed by atoms with Gasteiger partial charge >= 0.3 is 71.7 Å².